The minimum Gasteiger partial charge on any atom is -0.462 e. The minimum atomic E-state index is -1.71. The van der Waals surface area contributed by atoms with Gasteiger partial charge in [-0.2, -0.15) is 0 Å². The van der Waals surface area contributed by atoms with Crippen LogP contribution >= 0.6 is 0 Å². The van der Waals surface area contributed by atoms with E-state index in [1.54, 1.807) is 6.08 Å². The number of esters is 1. The van der Waals surface area contributed by atoms with Crippen molar-refractivity contribution in [2.45, 2.75) is 59.2 Å². The zero-order valence-corrected chi connectivity index (χ0v) is 18.1. The number of ether oxygens (including phenoxy) is 1. The van der Waals surface area contributed by atoms with Gasteiger partial charge in [-0.1, -0.05) is 52.0 Å². The van der Waals surface area contributed by atoms with Gasteiger partial charge in [0.25, 0.3) is 0 Å². The monoisotopic (exact) mass is 367 g/mol. The van der Waals surface area contributed by atoms with Gasteiger partial charge in [0.1, 0.15) is 0 Å². The summed E-state index contributed by atoms with van der Waals surface area (Å²) in [7, 11) is -1.71. The van der Waals surface area contributed by atoms with Crippen molar-refractivity contribution in [2.75, 3.05) is 26.3 Å². The van der Waals surface area contributed by atoms with E-state index < -0.39 is 8.32 Å². The van der Waals surface area contributed by atoms with Crippen LogP contribution in [0, 0.1) is 0 Å². The van der Waals surface area contributed by atoms with Crippen LogP contribution in [0.25, 0.3) is 0 Å². The molecule has 0 rings (SSSR count). The van der Waals surface area contributed by atoms with Crippen molar-refractivity contribution < 1.29 is 14.0 Å². The highest BCUT2D eigenvalue weighted by molar-refractivity contribution is 6.74. The maximum atomic E-state index is 12.0. The SMILES string of the molecule is CCCNC\C=C(/C=C/C=C/CO[Si](C)(C)C(C)(C)C)C(=O)OCC. The van der Waals surface area contributed by atoms with Gasteiger partial charge in [-0.05, 0) is 44.1 Å². The van der Waals surface area contributed by atoms with E-state index in [9.17, 15) is 4.79 Å². The lowest BCUT2D eigenvalue weighted by molar-refractivity contribution is -0.138. The summed E-state index contributed by atoms with van der Waals surface area (Å²) in [5.41, 5.74) is 0.570. The first kappa shape index (κ1) is 23.8. The summed E-state index contributed by atoms with van der Waals surface area (Å²) in [5.74, 6) is -0.289. The second-order valence-corrected chi connectivity index (χ2v) is 12.3. The average Bonchev–Trinajstić information content (AvgIpc) is 2.51. The van der Waals surface area contributed by atoms with Crippen LogP contribution < -0.4 is 5.32 Å². The van der Waals surface area contributed by atoms with Crippen molar-refractivity contribution in [3.63, 3.8) is 0 Å². The number of hydrogen-bond donors (Lipinski definition) is 1. The molecule has 5 heteroatoms. The number of hydrogen-bond acceptors (Lipinski definition) is 4. The molecule has 0 saturated carbocycles. The van der Waals surface area contributed by atoms with Crippen molar-refractivity contribution in [1.29, 1.82) is 0 Å². The first-order chi connectivity index (χ1) is 11.7. The molecule has 0 saturated heterocycles. The minimum absolute atomic E-state index is 0.210. The van der Waals surface area contributed by atoms with E-state index in [1.165, 1.54) is 0 Å². The Morgan fingerprint density at radius 3 is 2.40 bits per heavy atom. The van der Waals surface area contributed by atoms with Gasteiger partial charge in [0, 0.05) is 6.54 Å². The fourth-order valence-electron chi connectivity index (χ4n) is 1.66. The van der Waals surface area contributed by atoms with Gasteiger partial charge < -0.3 is 14.5 Å². The Hall–Kier alpha value is -1.17. The summed E-state index contributed by atoms with van der Waals surface area (Å²) >= 11 is 0. The molecular formula is C20H37NO3Si. The van der Waals surface area contributed by atoms with Crippen LogP contribution in [0.2, 0.25) is 18.1 Å². The summed E-state index contributed by atoms with van der Waals surface area (Å²) in [4.78, 5) is 12.0. The smallest absolute Gasteiger partial charge is 0.337 e. The Morgan fingerprint density at radius 2 is 1.84 bits per heavy atom. The quantitative estimate of drug-likeness (QED) is 0.190. The molecule has 0 atom stereocenters. The molecule has 0 aliphatic rings. The molecule has 0 amide bonds. The topological polar surface area (TPSA) is 47.6 Å². The summed E-state index contributed by atoms with van der Waals surface area (Å²) in [6.45, 7) is 17.6. The van der Waals surface area contributed by atoms with Gasteiger partial charge in [0.05, 0.1) is 18.8 Å². The Bertz CT molecular complexity index is 474. The highest BCUT2D eigenvalue weighted by Gasteiger charge is 2.36. The van der Waals surface area contributed by atoms with Gasteiger partial charge in [0.15, 0.2) is 8.32 Å². The molecule has 0 aromatic heterocycles. The number of carbonyl (C=O) groups is 1. The molecule has 25 heavy (non-hydrogen) atoms. The van der Waals surface area contributed by atoms with Crippen molar-refractivity contribution in [3.8, 4) is 0 Å². The van der Waals surface area contributed by atoms with Crippen LogP contribution in [0.1, 0.15) is 41.0 Å². The third-order valence-corrected chi connectivity index (χ3v) is 8.77. The third kappa shape index (κ3) is 10.4. The maximum Gasteiger partial charge on any atom is 0.337 e. The van der Waals surface area contributed by atoms with Gasteiger partial charge >= 0.3 is 5.97 Å². The van der Waals surface area contributed by atoms with Crippen molar-refractivity contribution in [2.24, 2.45) is 0 Å². The van der Waals surface area contributed by atoms with E-state index in [2.05, 4.69) is 46.1 Å². The molecule has 1 N–H and O–H groups in total. The highest BCUT2D eigenvalue weighted by atomic mass is 28.4. The second-order valence-electron chi connectivity index (χ2n) is 7.44. The number of nitrogens with one attached hydrogen (secondary N) is 1. The molecule has 0 aliphatic carbocycles. The Morgan fingerprint density at radius 1 is 1.16 bits per heavy atom. The largest absolute Gasteiger partial charge is 0.462 e. The number of allylic oxidation sites excluding steroid dienone is 2. The molecule has 0 spiro atoms. The van der Waals surface area contributed by atoms with Gasteiger partial charge in [-0.3, -0.25) is 0 Å². The zero-order valence-electron chi connectivity index (χ0n) is 17.1. The summed E-state index contributed by atoms with van der Waals surface area (Å²) in [6, 6.07) is 0. The highest BCUT2D eigenvalue weighted by Crippen LogP contribution is 2.36. The second kappa shape index (κ2) is 12.2. The van der Waals surface area contributed by atoms with Gasteiger partial charge in [0.2, 0.25) is 0 Å². The van der Waals surface area contributed by atoms with Crippen LogP contribution in [0.15, 0.2) is 36.0 Å². The molecule has 0 radical (unpaired) electrons. The Balaban J connectivity index is 4.61. The molecular weight excluding hydrogens is 330 g/mol. The van der Waals surface area contributed by atoms with Crippen molar-refractivity contribution in [1.82, 2.24) is 5.32 Å². The normalized spacial score (nSPS) is 13.8. The molecule has 0 bridgehead atoms. The molecule has 0 aliphatic heterocycles. The maximum absolute atomic E-state index is 12.0. The predicted molar refractivity (Wildman–Crippen MR) is 109 cm³/mol. The average molecular weight is 368 g/mol. The Kier molecular flexibility index (Phi) is 11.7. The number of rotatable bonds is 11. The lowest BCUT2D eigenvalue weighted by Gasteiger charge is -2.35. The fourth-order valence-corrected chi connectivity index (χ4v) is 2.61. The van der Waals surface area contributed by atoms with E-state index >= 15 is 0 Å². The summed E-state index contributed by atoms with van der Waals surface area (Å²) in [6.07, 6.45) is 10.5. The standard InChI is InChI=1S/C20H37NO3Si/c1-8-15-21-16-14-18(19(22)23-9-2)13-11-10-12-17-24-25(6,7)20(3,4)5/h10-14,21H,8-9,15-17H2,1-7H3/b12-10+,13-11+,18-14+. The lowest BCUT2D eigenvalue weighted by atomic mass is 10.2. The van der Waals surface area contributed by atoms with E-state index in [0.29, 0.717) is 25.3 Å². The van der Waals surface area contributed by atoms with E-state index in [0.717, 1.165) is 13.0 Å². The van der Waals surface area contributed by atoms with Gasteiger partial charge in [-0.25, -0.2) is 4.79 Å². The van der Waals surface area contributed by atoms with Crippen LogP contribution in [-0.2, 0) is 14.0 Å². The molecule has 4 nitrogen and oxygen atoms in total. The van der Waals surface area contributed by atoms with Crippen LogP contribution in [0.5, 0.6) is 0 Å². The first-order valence-electron chi connectivity index (χ1n) is 9.20. The fraction of sp³-hybridized carbons (Fsp3) is 0.650. The van der Waals surface area contributed by atoms with Crippen LogP contribution in [0.4, 0.5) is 0 Å². The zero-order chi connectivity index (χ0) is 19.3. The molecule has 0 aromatic carbocycles. The van der Waals surface area contributed by atoms with E-state index in [4.69, 9.17) is 9.16 Å². The molecule has 0 aromatic rings. The van der Waals surface area contributed by atoms with Gasteiger partial charge in [-0.15, -0.1) is 0 Å². The van der Waals surface area contributed by atoms with Crippen LogP contribution in [0.3, 0.4) is 0 Å². The van der Waals surface area contributed by atoms with E-state index in [-0.39, 0.29) is 11.0 Å². The first-order valence-corrected chi connectivity index (χ1v) is 12.1. The third-order valence-electron chi connectivity index (χ3n) is 4.27. The molecule has 0 heterocycles. The number of carbonyl (C=O) groups excluding carboxylic acids is 1. The van der Waals surface area contributed by atoms with Crippen LogP contribution in [-0.4, -0.2) is 40.6 Å². The molecule has 0 fully saturated rings. The molecule has 0 unspecified atom stereocenters. The predicted octanol–water partition coefficient (Wildman–Crippen LogP) is 4.61. The van der Waals surface area contributed by atoms with E-state index in [1.807, 2.05) is 31.2 Å². The lowest BCUT2D eigenvalue weighted by Crippen LogP contribution is -2.40. The summed E-state index contributed by atoms with van der Waals surface area (Å²) < 4.78 is 11.2. The van der Waals surface area contributed by atoms with Crippen molar-refractivity contribution >= 4 is 14.3 Å². The Labute approximate surface area is 155 Å². The summed E-state index contributed by atoms with van der Waals surface area (Å²) in [5, 5.41) is 3.46. The van der Waals surface area contributed by atoms with Crippen molar-refractivity contribution in [3.05, 3.63) is 36.0 Å². The molecule has 144 valence electrons.